The second kappa shape index (κ2) is 11.7. The number of nitrogens with one attached hydrogen (secondary N) is 3. The van der Waals surface area contributed by atoms with Crippen LogP contribution >= 0.6 is 11.3 Å². The van der Waals surface area contributed by atoms with Crippen molar-refractivity contribution < 1.29 is 23.8 Å². The number of carbonyl (C=O) groups is 2. The van der Waals surface area contributed by atoms with E-state index in [2.05, 4.69) is 20.9 Å². The Balaban J connectivity index is 1.77. The van der Waals surface area contributed by atoms with Crippen LogP contribution in [-0.4, -0.2) is 44.7 Å². The lowest BCUT2D eigenvalue weighted by molar-refractivity contribution is -0.119. The molecule has 0 unspecified atom stereocenters. The van der Waals surface area contributed by atoms with Crippen molar-refractivity contribution in [2.45, 2.75) is 39.7 Å². The molecule has 0 saturated carbocycles. The highest BCUT2D eigenvalue weighted by molar-refractivity contribution is 7.15. The number of amides is 2. The Hall–Kier alpha value is -4.12. The van der Waals surface area contributed by atoms with Crippen molar-refractivity contribution in [1.29, 1.82) is 0 Å². The number of anilines is 2. The highest BCUT2D eigenvalue weighted by Crippen LogP contribution is 2.50. The Morgan fingerprint density at radius 2 is 1.82 bits per heavy atom. The molecule has 1 aliphatic carbocycles. The topological polar surface area (TPSA) is 128 Å². The van der Waals surface area contributed by atoms with Crippen molar-refractivity contribution in [3.63, 3.8) is 0 Å². The number of thiazole rings is 1. The molecule has 3 N–H and O–H groups in total. The standard InChI is InChI=1S/C28H32N4O6S/c1-14-15(2)39-28(30-14)32-24(35)13-29-21-10-8-18-19(12-22(21)34)20(31-16(3)33)9-7-17-11-23(36-4)26(37-5)27(38-6)25(17)18/h8,10-12,20H,7,9,13H2,1-6H3,(H,29,34)(H,31,33)(H,30,32,35)/t20-/m1/s1. The van der Waals surface area contributed by atoms with Gasteiger partial charge in [-0.15, -0.1) is 11.3 Å². The van der Waals surface area contributed by atoms with E-state index in [0.717, 1.165) is 21.7 Å². The van der Waals surface area contributed by atoms with Crippen LogP contribution in [0.4, 0.5) is 10.8 Å². The Labute approximate surface area is 230 Å². The summed E-state index contributed by atoms with van der Waals surface area (Å²) < 4.78 is 17.0. The summed E-state index contributed by atoms with van der Waals surface area (Å²) in [5.41, 5.74) is 3.83. The molecule has 2 aromatic carbocycles. The third-order valence-electron chi connectivity index (χ3n) is 6.63. The first kappa shape index (κ1) is 27.9. The Morgan fingerprint density at radius 1 is 1.08 bits per heavy atom. The number of aromatic nitrogens is 1. The molecule has 0 spiro atoms. The number of methoxy groups -OCH3 is 3. The van der Waals surface area contributed by atoms with Crippen LogP contribution in [0.5, 0.6) is 17.2 Å². The third-order valence-corrected chi connectivity index (χ3v) is 7.62. The van der Waals surface area contributed by atoms with Crippen molar-refractivity contribution in [2.24, 2.45) is 0 Å². The maximum Gasteiger partial charge on any atom is 0.245 e. The monoisotopic (exact) mass is 552 g/mol. The number of rotatable bonds is 8. The van der Waals surface area contributed by atoms with E-state index in [0.29, 0.717) is 46.3 Å². The lowest BCUT2D eigenvalue weighted by atomic mass is 9.95. The number of carbonyl (C=O) groups excluding carboxylic acids is 2. The average Bonchev–Trinajstić information content (AvgIpc) is 3.04. The molecular weight excluding hydrogens is 520 g/mol. The van der Waals surface area contributed by atoms with E-state index in [4.69, 9.17) is 14.2 Å². The molecule has 0 saturated heterocycles. The maximum absolute atomic E-state index is 13.4. The lowest BCUT2D eigenvalue weighted by Crippen LogP contribution is -2.27. The van der Waals surface area contributed by atoms with Crippen LogP contribution in [0.1, 0.15) is 41.1 Å². The van der Waals surface area contributed by atoms with Gasteiger partial charge >= 0.3 is 0 Å². The lowest BCUT2D eigenvalue weighted by Gasteiger charge is -2.19. The molecule has 2 amide bonds. The van der Waals surface area contributed by atoms with Crippen LogP contribution in [0.2, 0.25) is 0 Å². The molecule has 4 rings (SSSR count). The van der Waals surface area contributed by atoms with Crippen LogP contribution in [0.25, 0.3) is 11.1 Å². The number of aryl methyl sites for hydroxylation is 3. The van der Waals surface area contributed by atoms with E-state index >= 15 is 0 Å². The molecule has 1 aromatic heterocycles. The van der Waals surface area contributed by atoms with Crippen molar-refractivity contribution in [1.82, 2.24) is 10.3 Å². The van der Waals surface area contributed by atoms with Gasteiger partial charge in [-0.2, -0.15) is 0 Å². The van der Waals surface area contributed by atoms with Gasteiger partial charge in [0.15, 0.2) is 16.6 Å². The van der Waals surface area contributed by atoms with Gasteiger partial charge in [0.05, 0.1) is 45.3 Å². The summed E-state index contributed by atoms with van der Waals surface area (Å²) in [4.78, 5) is 43.3. The first-order valence-corrected chi connectivity index (χ1v) is 13.2. The first-order chi connectivity index (χ1) is 18.7. The summed E-state index contributed by atoms with van der Waals surface area (Å²) in [5, 5.41) is 9.20. The average molecular weight is 553 g/mol. The zero-order valence-electron chi connectivity index (χ0n) is 22.8. The van der Waals surface area contributed by atoms with Crippen LogP contribution in [0, 0.1) is 13.8 Å². The van der Waals surface area contributed by atoms with Gasteiger partial charge in [0.1, 0.15) is 0 Å². The predicted octanol–water partition coefficient (Wildman–Crippen LogP) is 3.99. The SMILES string of the molecule is COc1cc2c(c(OC)c1OC)-c1ccc(NCC(=O)Nc3nc(C)c(C)s3)c(=O)cc1[C@H](NC(C)=O)CC2. The van der Waals surface area contributed by atoms with Crippen molar-refractivity contribution in [3.8, 4) is 28.4 Å². The molecule has 0 fully saturated rings. The molecule has 39 heavy (non-hydrogen) atoms. The van der Waals surface area contributed by atoms with Crippen LogP contribution in [0.3, 0.4) is 0 Å². The molecule has 1 heterocycles. The number of ether oxygens (including phenoxy) is 3. The maximum atomic E-state index is 13.4. The molecule has 3 aromatic rings. The van der Waals surface area contributed by atoms with Gasteiger partial charge in [-0.05, 0) is 61.6 Å². The molecule has 11 heteroatoms. The van der Waals surface area contributed by atoms with E-state index in [-0.39, 0.29) is 29.5 Å². The van der Waals surface area contributed by atoms with E-state index in [1.165, 1.54) is 31.4 Å². The number of fused-ring (bicyclic) bond motifs is 3. The van der Waals surface area contributed by atoms with Gasteiger partial charge in [0, 0.05) is 17.4 Å². The zero-order valence-corrected chi connectivity index (χ0v) is 23.6. The molecule has 10 nitrogen and oxygen atoms in total. The van der Waals surface area contributed by atoms with E-state index in [9.17, 15) is 14.4 Å². The molecule has 1 atom stereocenters. The van der Waals surface area contributed by atoms with E-state index < -0.39 is 6.04 Å². The van der Waals surface area contributed by atoms with E-state index in [1.807, 2.05) is 19.9 Å². The minimum absolute atomic E-state index is 0.123. The summed E-state index contributed by atoms with van der Waals surface area (Å²) in [6.07, 6.45) is 1.16. The van der Waals surface area contributed by atoms with Crippen molar-refractivity contribution in [3.05, 3.63) is 56.2 Å². The van der Waals surface area contributed by atoms with Crippen LogP contribution in [-0.2, 0) is 16.0 Å². The molecule has 0 radical (unpaired) electrons. The highest BCUT2D eigenvalue weighted by atomic mass is 32.1. The second-order valence-electron chi connectivity index (χ2n) is 9.16. The Kier molecular flexibility index (Phi) is 8.39. The van der Waals surface area contributed by atoms with Gasteiger partial charge < -0.3 is 30.2 Å². The molecular formula is C28H32N4O6S. The quantitative estimate of drug-likeness (QED) is 0.383. The van der Waals surface area contributed by atoms with Gasteiger partial charge in [0.2, 0.25) is 23.0 Å². The fraction of sp³-hybridized carbons (Fsp3) is 0.357. The van der Waals surface area contributed by atoms with Crippen molar-refractivity contribution in [2.75, 3.05) is 38.5 Å². The summed E-state index contributed by atoms with van der Waals surface area (Å²) in [5.74, 6) is 0.894. The Bertz CT molecular complexity index is 1470. The summed E-state index contributed by atoms with van der Waals surface area (Å²) in [6, 6.07) is 6.43. The fourth-order valence-corrected chi connectivity index (χ4v) is 5.55. The number of hydrogen-bond acceptors (Lipinski definition) is 9. The smallest absolute Gasteiger partial charge is 0.245 e. The minimum Gasteiger partial charge on any atom is -0.493 e. The number of nitrogens with zero attached hydrogens (tertiary/aromatic N) is 1. The molecule has 1 aliphatic rings. The third kappa shape index (κ3) is 5.83. The van der Waals surface area contributed by atoms with Gasteiger partial charge in [0.25, 0.3) is 0 Å². The summed E-state index contributed by atoms with van der Waals surface area (Å²) >= 11 is 1.39. The number of hydrogen-bond donors (Lipinski definition) is 3. The van der Waals surface area contributed by atoms with Gasteiger partial charge in [-0.25, -0.2) is 4.98 Å². The van der Waals surface area contributed by atoms with Crippen LogP contribution < -0.4 is 35.6 Å². The van der Waals surface area contributed by atoms with E-state index in [1.54, 1.807) is 26.4 Å². The highest BCUT2D eigenvalue weighted by Gasteiger charge is 2.29. The number of benzene rings is 1. The van der Waals surface area contributed by atoms with Crippen molar-refractivity contribution >= 4 is 34.0 Å². The normalized spacial score (nSPS) is 13.8. The molecule has 0 aliphatic heterocycles. The summed E-state index contributed by atoms with van der Waals surface area (Å²) in [6.45, 7) is 5.14. The molecule has 0 bridgehead atoms. The van der Waals surface area contributed by atoms with Gasteiger partial charge in [-0.3, -0.25) is 14.4 Å². The first-order valence-electron chi connectivity index (χ1n) is 12.4. The zero-order chi connectivity index (χ0) is 28.3. The van der Waals surface area contributed by atoms with Crippen LogP contribution in [0.15, 0.2) is 29.1 Å². The largest absolute Gasteiger partial charge is 0.493 e. The predicted molar refractivity (Wildman–Crippen MR) is 151 cm³/mol. The second-order valence-corrected chi connectivity index (χ2v) is 10.4. The molecule has 206 valence electrons. The van der Waals surface area contributed by atoms with Gasteiger partial charge in [-0.1, -0.05) is 6.07 Å². The fourth-order valence-electron chi connectivity index (χ4n) is 4.72. The Morgan fingerprint density at radius 3 is 2.44 bits per heavy atom. The summed E-state index contributed by atoms with van der Waals surface area (Å²) in [7, 11) is 4.64. The minimum atomic E-state index is -0.417.